The lowest BCUT2D eigenvalue weighted by Gasteiger charge is -2.32. The van der Waals surface area contributed by atoms with E-state index >= 15 is 0 Å². The van der Waals surface area contributed by atoms with Crippen molar-refractivity contribution in [2.75, 3.05) is 26.2 Å². The molecule has 3 aromatic rings. The number of hydrogen-bond acceptors (Lipinski definition) is 5. The van der Waals surface area contributed by atoms with Crippen LogP contribution in [0.3, 0.4) is 0 Å². The first kappa shape index (κ1) is 20.9. The van der Waals surface area contributed by atoms with E-state index in [1.54, 1.807) is 6.20 Å². The average molecular weight is 450 g/mol. The number of carbonyl (C=O) groups is 2. The third-order valence-corrected chi connectivity index (χ3v) is 7.29. The molecule has 2 aliphatic heterocycles. The number of thiazole rings is 1. The molecule has 0 N–H and O–H groups in total. The number of likely N-dealkylation sites (tertiary alicyclic amines) is 2. The van der Waals surface area contributed by atoms with Crippen LogP contribution in [-0.4, -0.2) is 62.6 Å². The predicted octanol–water partition coefficient (Wildman–Crippen LogP) is 3.86. The van der Waals surface area contributed by atoms with E-state index < -0.39 is 0 Å². The van der Waals surface area contributed by atoms with Crippen LogP contribution in [0.4, 0.5) is 0 Å². The largest absolute Gasteiger partial charge is 0.343 e. The zero-order valence-corrected chi connectivity index (χ0v) is 18.8. The molecular formula is C24H27N5O2S. The van der Waals surface area contributed by atoms with E-state index in [4.69, 9.17) is 0 Å². The van der Waals surface area contributed by atoms with E-state index in [9.17, 15) is 9.59 Å². The van der Waals surface area contributed by atoms with Gasteiger partial charge in [-0.2, -0.15) is 5.10 Å². The lowest BCUT2D eigenvalue weighted by molar-refractivity contribution is -0.131. The van der Waals surface area contributed by atoms with E-state index in [1.165, 1.54) is 11.3 Å². The van der Waals surface area contributed by atoms with E-state index in [0.29, 0.717) is 31.1 Å². The van der Waals surface area contributed by atoms with Gasteiger partial charge in [0.25, 0.3) is 5.91 Å². The Hall–Kier alpha value is -3.00. The molecule has 4 heterocycles. The highest BCUT2D eigenvalue weighted by Crippen LogP contribution is 2.27. The van der Waals surface area contributed by atoms with Gasteiger partial charge in [0, 0.05) is 49.7 Å². The molecule has 0 spiro atoms. The summed E-state index contributed by atoms with van der Waals surface area (Å²) in [5, 5.41) is 7.05. The van der Waals surface area contributed by atoms with Gasteiger partial charge < -0.3 is 9.80 Å². The van der Waals surface area contributed by atoms with Crippen LogP contribution in [0.5, 0.6) is 0 Å². The molecule has 0 saturated carbocycles. The first-order valence-corrected chi connectivity index (χ1v) is 12.2. The predicted molar refractivity (Wildman–Crippen MR) is 124 cm³/mol. The maximum Gasteiger partial charge on any atom is 0.273 e. The number of amides is 2. The molecule has 5 rings (SSSR count). The van der Waals surface area contributed by atoms with Gasteiger partial charge in [0.1, 0.15) is 10.7 Å². The number of rotatable bonds is 5. The Balaban J connectivity index is 1.18. The molecule has 2 amide bonds. The molecule has 2 fully saturated rings. The Morgan fingerprint density at radius 3 is 2.50 bits per heavy atom. The number of carbonyl (C=O) groups excluding carboxylic acids is 2. The lowest BCUT2D eigenvalue weighted by Crippen LogP contribution is -2.40. The summed E-state index contributed by atoms with van der Waals surface area (Å²) in [7, 11) is 0. The quantitative estimate of drug-likeness (QED) is 0.593. The fourth-order valence-corrected chi connectivity index (χ4v) is 5.27. The second-order valence-electron chi connectivity index (χ2n) is 8.57. The van der Waals surface area contributed by atoms with Gasteiger partial charge in [0.2, 0.25) is 5.91 Å². The number of benzene rings is 1. The highest BCUT2D eigenvalue weighted by atomic mass is 32.1. The molecule has 0 unspecified atom stereocenters. The van der Waals surface area contributed by atoms with Crippen molar-refractivity contribution in [3.05, 3.63) is 53.8 Å². The van der Waals surface area contributed by atoms with E-state index in [-0.39, 0.29) is 11.8 Å². The minimum atomic E-state index is -0.0210. The number of nitrogens with zero attached hydrogens (tertiary/aromatic N) is 5. The minimum Gasteiger partial charge on any atom is -0.343 e. The molecule has 166 valence electrons. The van der Waals surface area contributed by atoms with Gasteiger partial charge in [-0.1, -0.05) is 18.2 Å². The number of hydrogen-bond donors (Lipinski definition) is 0. The second-order valence-corrected chi connectivity index (χ2v) is 9.43. The number of aromatic nitrogens is 3. The molecule has 2 aromatic heterocycles. The molecule has 0 bridgehead atoms. The molecule has 8 heteroatoms. The summed E-state index contributed by atoms with van der Waals surface area (Å²) >= 11 is 1.46. The topological polar surface area (TPSA) is 71.3 Å². The summed E-state index contributed by atoms with van der Waals surface area (Å²) in [6, 6.07) is 9.91. The summed E-state index contributed by atoms with van der Waals surface area (Å²) in [6.45, 7) is 3.20. The normalized spacial score (nSPS) is 17.1. The third kappa shape index (κ3) is 4.46. The maximum atomic E-state index is 13.0. The SMILES string of the molecule is O=C(CC1CCN(C(=O)c2csc(-c3cnn(-c4ccccc4)c3)n2)CC1)N1CCCC1. The summed E-state index contributed by atoms with van der Waals surface area (Å²) in [4.78, 5) is 33.9. The van der Waals surface area contributed by atoms with Crippen molar-refractivity contribution >= 4 is 23.2 Å². The van der Waals surface area contributed by atoms with Crippen molar-refractivity contribution in [1.29, 1.82) is 0 Å². The van der Waals surface area contributed by atoms with Gasteiger partial charge in [-0.15, -0.1) is 11.3 Å². The number of piperidine rings is 1. The maximum absolute atomic E-state index is 13.0. The van der Waals surface area contributed by atoms with Crippen LogP contribution >= 0.6 is 11.3 Å². The van der Waals surface area contributed by atoms with Gasteiger partial charge in [-0.25, -0.2) is 9.67 Å². The summed E-state index contributed by atoms with van der Waals surface area (Å²) in [5.41, 5.74) is 2.37. The van der Waals surface area contributed by atoms with Gasteiger partial charge in [-0.05, 0) is 43.7 Å². The Morgan fingerprint density at radius 1 is 1.00 bits per heavy atom. The fourth-order valence-electron chi connectivity index (χ4n) is 4.50. The van der Waals surface area contributed by atoms with Gasteiger partial charge in [0.15, 0.2) is 0 Å². The first-order chi connectivity index (χ1) is 15.7. The first-order valence-electron chi connectivity index (χ1n) is 11.3. The standard InChI is InChI=1S/C24H27N5O2S/c30-22(27-10-4-5-11-27)14-18-8-12-28(13-9-18)24(31)21-17-32-23(26-21)19-15-25-29(16-19)20-6-2-1-3-7-20/h1-3,6-7,15-18H,4-5,8-14H2. The summed E-state index contributed by atoms with van der Waals surface area (Å²) < 4.78 is 1.81. The van der Waals surface area contributed by atoms with Crippen LogP contribution < -0.4 is 0 Å². The van der Waals surface area contributed by atoms with Crippen molar-refractivity contribution in [1.82, 2.24) is 24.6 Å². The smallest absolute Gasteiger partial charge is 0.273 e. The molecule has 0 atom stereocenters. The van der Waals surface area contributed by atoms with E-state index in [0.717, 1.165) is 55.0 Å². The molecule has 7 nitrogen and oxygen atoms in total. The van der Waals surface area contributed by atoms with Gasteiger partial charge in [-0.3, -0.25) is 9.59 Å². The van der Waals surface area contributed by atoms with Crippen LogP contribution in [0, 0.1) is 5.92 Å². The monoisotopic (exact) mass is 449 g/mol. The van der Waals surface area contributed by atoms with Gasteiger partial charge >= 0.3 is 0 Å². The van der Waals surface area contributed by atoms with E-state index in [2.05, 4.69) is 10.1 Å². The lowest BCUT2D eigenvalue weighted by atomic mass is 9.93. The van der Waals surface area contributed by atoms with Crippen LogP contribution in [0.25, 0.3) is 16.3 Å². The highest BCUT2D eigenvalue weighted by Gasteiger charge is 2.28. The van der Waals surface area contributed by atoms with Crippen molar-refractivity contribution in [3.8, 4) is 16.3 Å². The third-order valence-electron chi connectivity index (χ3n) is 6.40. The van der Waals surface area contributed by atoms with Crippen molar-refractivity contribution in [2.45, 2.75) is 32.1 Å². The van der Waals surface area contributed by atoms with Crippen molar-refractivity contribution < 1.29 is 9.59 Å². The van der Waals surface area contributed by atoms with Crippen LogP contribution in [0.15, 0.2) is 48.1 Å². The Bertz CT molecular complexity index is 1080. The second kappa shape index (κ2) is 9.24. The van der Waals surface area contributed by atoms with E-state index in [1.807, 2.05) is 56.4 Å². The fraction of sp³-hybridized carbons (Fsp3) is 0.417. The molecule has 2 aliphatic rings. The molecule has 0 radical (unpaired) electrons. The summed E-state index contributed by atoms with van der Waals surface area (Å²) in [5.74, 6) is 0.640. The molecule has 2 saturated heterocycles. The van der Waals surface area contributed by atoms with Crippen LogP contribution in [-0.2, 0) is 4.79 Å². The van der Waals surface area contributed by atoms with Crippen molar-refractivity contribution in [3.63, 3.8) is 0 Å². The Labute approximate surface area is 191 Å². The zero-order valence-electron chi connectivity index (χ0n) is 18.0. The Kier molecular flexibility index (Phi) is 6.03. The zero-order chi connectivity index (χ0) is 21.9. The van der Waals surface area contributed by atoms with Gasteiger partial charge in [0.05, 0.1) is 11.9 Å². The average Bonchev–Trinajstić information content (AvgIpc) is 3.61. The Morgan fingerprint density at radius 2 is 1.75 bits per heavy atom. The molecule has 0 aliphatic carbocycles. The molecule has 32 heavy (non-hydrogen) atoms. The van der Waals surface area contributed by atoms with Crippen LogP contribution in [0.1, 0.15) is 42.6 Å². The minimum absolute atomic E-state index is 0.0210. The van der Waals surface area contributed by atoms with Crippen LogP contribution in [0.2, 0.25) is 0 Å². The summed E-state index contributed by atoms with van der Waals surface area (Å²) in [6.07, 6.45) is 8.35. The molecule has 1 aromatic carbocycles. The number of para-hydroxylation sites is 1. The van der Waals surface area contributed by atoms with Crippen molar-refractivity contribution in [2.24, 2.45) is 5.92 Å². The molecular weight excluding hydrogens is 422 g/mol. The highest BCUT2D eigenvalue weighted by molar-refractivity contribution is 7.13.